The predicted molar refractivity (Wildman–Crippen MR) is 137 cm³/mol. The molecular formula is C28H29N3O5. The van der Waals surface area contributed by atoms with Crippen LogP contribution in [-0.4, -0.2) is 37.3 Å². The van der Waals surface area contributed by atoms with Crippen molar-refractivity contribution in [2.45, 2.75) is 25.9 Å². The Morgan fingerprint density at radius 1 is 0.806 bits per heavy atom. The van der Waals surface area contributed by atoms with Crippen molar-refractivity contribution in [3.63, 3.8) is 0 Å². The minimum atomic E-state index is -0.858. The zero-order valence-electron chi connectivity index (χ0n) is 20.4. The third-order valence-corrected chi connectivity index (χ3v) is 5.70. The molecule has 2 atom stereocenters. The van der Waals surface area contributed by atoms with E-state index >= 15 is 0 Å². The molecule has 0 bridgehead atoms. The van der Waals surface area contributed by atoms with Crippen LogP contribution in [0.5, 0.6) is 0 Å². The first-order chi connectivity index (χ1) is 17.3. The van der Waals surface area contributed by atoms with Gasteiger partial charge in [-0.05, 0) is 41.8 Å². The van der Waals surface area contributed by atoms with E-state index in [1.807, 2.05) is 49.4 Å². The smallest absolute Gasteiger partial charge is 0.330 e. The van der Waals surface area contributed by atoms with Gasteiger partial charge in [-0.1, -0.05) is 66.7 Å². The lowest BCUT2D eigenvalue weighted by molar-refractivity contribution is -0.139. The van der Waals surface area contributed by atoms with Crippen LogP contribution < -0.4 is 16.0 Å². The second-order valence-electron chi connectivity index (χ2n) is 8.18. The van der Waals surface area contributed by atoms with Gasteiger partial charge in [-0.15, -0.1) is 0 Å². The van der Waals surface area contributed by atoms with Crippen LogP contribution >= 0.6 is 0 Å². The third-order valence-electron chi connectivity index (χ3n) is 5.70. The van der Waals surface area contributed by atoms with Crippen LogP contribution in [0.1, 0.15) is 47.4 Å². The second-order valence-corrected chi connectivity index (χ2v) is 8.18. The van der Waals surface area contributed by atoms with Crippen molar-refractivity contribution in [1.29, 1.82) is 0 Å². The fourth-order valence-corrected chi connectivity index (χ4v) is 3.86. The Morgan fingerprint density at radius 2 is 1.44 bits per heavy atom. The number of hydrogen-bond donors (Lipinski definition) is 3. The molecule has 3 aromatic carbocycles. The molecule has 0 saturated heterocycles. The predicted octanol–water partition coefficient (Wildman–Crippen LogP) is 3.35. The number of hydrogen-bond acceptors (Lipinski definition) is 5. The molecule has 186 valence electrons. The molecule has 0 spiro atoms. The molecule has 0 aromatic heterocycles. The number of benzene rings is 3. The number of esters is 1. The van der Waals surface area contributed by atoms with Gasteiger partial charge in [0.25, 0.3) is 5.91 Å². The van der Waals surface area contributed by atoms with Crippen LogP contribution in [0, 0.1) is 0 Å². The first kappa shape index (κ1) is 26.2. The van der Waals surface area contributed by atoms with Crippen molar-refractivity contribution in [3.05, 3.63) is 95.6 Å². The number of carbonyl (C=O) groups excluding carboxylic acids is 4. The average Bonchev–Trinajstić information content (AvgIpc) is 2.90. The van der Waals surface area contributed by atoms with Crippen molar-refractivity contribution >= 4 is 34.5 Å². The molecule has 0 aliphatic rings. The molecule has 3 amide bonds. The number of rotatable bonds is 8. The molecule has 3 rings (SSSR count). The summed E-state index contributed by atoms with van der Waals surface area (Å²) < 4.78 is 4.45. The maximum absolute atomic E-state index is 13.2. The summed E-state index contributed by atoms with van der Waals surface area (Å²) in [4.78, 5) is 48.7. The summed E-state index contributed by atoms with van der Waals surface area (Å²) in [5.41, 5.74) is 1.98. The number of carbonyl (C=O) groups is 4. The second kappa shape index (κ2) is 12.3. The normalized spacial score (nSPS) is 12.5. The quantitative estimate of drug-likeness (QED) is 0.256. The molecule has 3 aromatic rings. The largest absolute Gasteiger partial charge is 0.466 e. The number of ether oxygens (including phenoxy) is 1. The Morgan fingerprint density at radius 3 is 2.22 bits per heavy atom. The summed E-state index contributed by atoms with van der Waals surface area (Å²) in [6.45, 7) is 3.61. The van der Waals surface area contributed by atoms with Crippen LogP contribution in [0.15, 0.2) is 78.9 Å². The van der Waals surface area contributed by atoms with Gasteiger partial charge < -0.3 is 20.7 Å². The highest BCUT2D eigenvalue weighted by Crippen LogP contribution is 2.25. The maximum atomic E-state index is 13.2. The topological polar surface area (TPSA) is 114 Å². The van der Waals surface area contributed by atoms with Crippen LogP contribution in [0.25, 0.3) is 10.8 Å². The van der Waals surface area contributed by atoms with Crippen LogP contribution in [0.4, 0.5) is 0 Å². The van der Waals surface area contributed by atoms with E-state index in [2.05, 4.69) is 20.7 Å². The molecule has 0 saturated carbocycles. The Labute approximate surface area is 209 Å². The first-order valence-corrected chi connectivity index (χ1v) is 11.5. The van der Waals surface area contributed by atoms with Gasteiger partial charge in [-0.2, -0.15) is 0 Å². The number of methoxy groups -OCH3 is 1. The molecule has 0 aliphatic heterocycles. The molecule has 3 N–H and O–H groups in total. The summed E-state index contributed by atoms with van der Waals surface area (Å²) in [7, 11) is 1.24. The lowest BCUT2D eigenvalue weighted by atomic mass is 9.98. The Balaban J connectivity index is 1.67. The first-order valence-electron chi connectivity index (χ1n) is 11.5. The average molecular weight is 488 g/mol. The molecular weight excluding hydrogens is 458 g/mol. The Kier molecular flexibility index (Phi) is 8.94. The third kappa shape index (κ3) is 6.56. The van der Waals surface area contributed by atoms with E-state index in [0.717, 1.165) is 22.4 Å². The zero-order valence-corrected chi connectivity index (χ0v) is 20.4. The van der Waals surface area contributed by atoms with E-state index in [9.17, 15) is 19.2 Å². The van der Waals surface area contributed by atoms with Crippen molar-refractivity contribution in [2.75, 3.05) is 13.7 Å². The van der Waals surface area contributed by atoms with Gasteiger partial charge in [0.05, 0.1) is 19.2 Å². The highest BCUT2D eigenvalue weighted by Gasteiger charge is 2.22. The molecule has 8 heteroatoms. The van der Waals surface area contributed by atoms with Gasteiger partial charge >= 0.3 is 17.8 Å². The lowest BCUT2D eigenvalue weighted by Crippen LogP contribution is -2.41. The monoisotopic (exact) mass is 487 g/mol. The van der Waals surface area contributed by atoms with Gasteiger partial charge in [0, 0.05) is 18.2 Å². The number of fused-ring (bicyclic) bond motifs is 1. The molecule has 0 aliphatic carbocycles. The van der Waals surface area contributed by atoms with E-state index < -0.39 is 23.8 Å². The molecule has 36 heavy (non-hydrogen) atoms. The molecule has 0 fully saturated rings. The summed E-state index contributed by atoms with van der Waals surface area (Å²) in [6.07, 6.45) is 2.52. The number of nitrogens with one attached hydrogen (secondary N) is 3. The van der Waals surface area contributed by atoms with Gasteiger partial charge in [0.15, 0.2) is 0 Å². The van der Waals surface area contributed by atoms with E-state index in [-0.39, 0.29) is 18.5 Å². The highest BCUT2D eigenvalue weighted by atomic mass is 16.5. The summed E-state index contributed by atoms with van der Waals surface area (Å²) in [5, 5.41) is 10.2. The zero-order chi connectivity index (χ0) is 26.1. The van der Waals surface area contributed by atoms with E-state index in [1.165, 1.54) is 13.2 Å². The van der Waals surface area contributed by atoms with Crippen molar-refractivity contribution in [2.24, 2.45) is 0 Å². The molecule has 1 unspecified atom stereocenters. The van der Waals surface area contributed by atoms with Gasteiger partial charge in [0.1, 0.15) is 0 Å². The van der Waals surface area contributed by atoms with Gasteiger partial charge in [-0.25, -0.2) is 4.79 Å². The fourth-order valence-electron chi connectivity index (χ4n) is 3.86. The summed E-state index contributed by atoms with van der Waals surface area (Å²) >= 11 is 0. The molecule has 0 heterocycles. The number of amides is 3. The molecule has 0 radical (unpaired) electrons. The maximum Gasteiger partial charge on any atom is 0.330 e. The minimum Gasteiger partial charge on any atom is -0.466 e. The van der Waals surface area contributed by atoms with Gasteiger partial charge in [0.2, 0.25) is 0 Å². The van der Waals surface area contributed by atoms with Gasteiger partial charge in [-0.3, -0.25) is 14.4 Å². The minimum absolute atomic E-state index is 0.0131. The summed E-state index contributed by atoms with van der Waals surface area (Å²) in [5.74, 6) is -2.56. The van der Waals surface area contributed by atoms with Crippen LogP contribution in [0.2, 0.25) is 0 Å². The van der Waals surface area contributed by atoms with Crippen LogP contribution in [0.3, 0.4) is 0 Å². The summed E-state index contributed by atoms with van der Waals surface area (Å²) in [6, 6.07) is 20.0. The van der Waals surface area contributed by atoms with E-state index in [0.29, 0.717) is 11.1 Å². The van der Waals surface area contributed by atoms with Crippen molar-refractivity contribution in [3.8, 4) is 0 Å². The lowest BCUT2D eigenvalue weighted by Gasteiger charge is -2.20. The SMILES string of the molecule is COC(=O)/C=C/CNC(=O)C(=O)NC(C)c1ccccc1C(=O)N[C@H](C)c1cccc2ccccc12. The fraction of sp³-hybridized carbons (Fsp3) is 0.214. The highest BCUT2D eigenvalue weighted by molar-refractivity contribution is 6.35. The Bertz CT molecular complexity index is 1300. The van der Waals surface area contributed by atoms with E-state index in [1.54, 1.807) is 31.2 Å². The molecule has 8 nitrogen and oxygen atoms in total. The Hall–Kier alpha value is -4.46. The van der Waals surface area contributed by atoms with Crippen LogP contribution in [-0.2, 0) is 19.1 Å². The standard InChI is InChI=1S/C28H29N3O5/c1-18(21-15-8-11-20-10-4-5-13-23(20)21)30-26(33)24-14-7-6-12-22(24)19(2)31-28(35)27(34)29-17-9-16-25(32)36-3/h4-16,18-19H,17H2,1-3H3,(H,29,34)(H,30,33)(H,31,35)/b16-9+/t18-,19?/m1/s1. The van der Waals surface area contributed by atoms with Crippen molar-refractivity contribution < 1.29 is 23.9 Å². The van der Waals surface area contributed by atoms with Crippen molar-refractivity contribution in [1.82, 2.24) is 16.0 Å². The van der Waals surface area contributed by atoms with E-state index in [4.69, 9.17) is 0 Å².